The summed E-state index contributed by atoms with van der Waals surface area (Å²) in [5.74, 6) is 0. The van der Waals surface area contributed by atoms with Crippen LogP contribution in [0.4, 0.5) is 0 Å². The minimum atomic E-state index is -0.465. The highest BCUT2D eigenvalue weighted by atomic mass is 79.9. The van der Waals surface area contributed by atoms with Crippen LogP contribution in [0.3, 0.4) is 0 Å². The van der Waals surface area contributed by atoms with Crippen LogP contribution < -0.4 is 5.32 Å². The largest absolute Gasteiger partial charge is 0.389 e. The van der Waals surface area contributed by atoms with Crippen molar-refractivity contribution >= 4 is 15.9 Å². The Labute approximate surface area is 112 Å². The molecule has 0 aromatic heterocycles. The van der Waals surface area contributed by atoms with Gasteiger partial charge in [0.1, 0.15) is 0 Å². The molecule has 0 atom stereocenters. The predicted octanol–water partition coefficient (Wildman–Crippen LogP) is 3.23. The number of hydrogen-bond acceptors (Lipinski definition) is 2. The lowest BCUT2D eigenvalue weighted by Crippen LogP contribution is -2.41. The Morgan fingerprint density at radius 1 is 1.12 bits per heavy atom. The highest BCUT2D eigenvalue weighted by Gasteiger charge is 2.28. The second-order valence-electron chi connectivity index (χ2n) is 5.02. The van der Waals surface area contributed by atoms with Crippen molar-refractivity contribution in [2.45, 2.75) is 44.2 Å². The average Bonchev–Trinajstić information content (AvgIpc) is 2.32. The zero-order chi connectivity index (χ0) is 12.1. The van der Waals surface area contributed by atoms with Gasteiger partial charge in [-0.2, -0.15) is 0 Å². The van der Waals surface area contributed by atoms with Crippen LogP contribution in [0.15, 0.2) is 28.7 Å². The van der Waals surface area contributed by atoms with Gasteiger partial charge in [-0.15, -0.1) is 0 Å². The van der Waals surface area contributed by atoms with Crippen molar-refractivity contribution in [1.29, 1.82) is 0 Å². The van der Waals surface area contributed by atoms with Gasteiger partial charge >= 0.3 is 0 Å². The van der Waals surface area contributed by atoms with Crippen LogP contribution in [0.1, 0.15) is 37.7 Å². The summed E-state index contributed by atoms with van der Waals surface area (Å²) in [5, 5.41) is 13.7. The van der Waals surface area contributed by atoms with E-state index in [4.69, 9.17) is 0 Å². The molecule has 1 fully saturated rings. The SMILES string of the molecule is OC1(CNCc2ccc(Br)cc2)CCCCC1. The highest BCUT2D eigenvalue weighted by Crippen LogP contribution is 2.27. The van der Waals surface area contributed by atoms with Crippen LogP contribution in [-0.4, -0.2) is 17.3 Å². The highest BCUT2D eigenvalue weighted by molar-refractivity contribution is 9.10. The zero-order valence-corrected chi connectivity index (χ0v) is 11.7. The Morgan fingerprint density at radius 2 is 1.76 bits per heavy atom. The van der Waals surface area contributed by atoms with E-state index in [0.717, 1.165) is 36.7 Å². The molecular weight excluding hydrogens is 278 g/mol. The number of halogens is 1. The van der Waals surface area contributed by atoms with E-state index in [1.54, 1.807) is 0 Å². The van der Waals surface area contributed by atoms with Crippen LogP contribution in [-0.2, 0) is 6.54 Å². The molecule has 2 rings (SSSR count). The smallest absolute Gasteiger partial charge is 0.0771 e. The van der Waals surface area contributed by atoms with Crippen molar-refractivity contribution in [2.75, 3.05) is 6.54 Å². The van der Waals surface area contributed by atoms with E-state index < -0.39 is 5.60 Å². The van der Waals surface area contributed by atoms with E-state index in [-0.39, 0.29) is 0 Å². The molecule has 1 aromatic rings. The number of hydrogen-bond donors (Lipinski definition) is 2. The molecule has 3 heteroatoms. The summed E-state index contributed by atoms with van der Waals surface area (Å²) in [7, 11) is 0. The molecule has 0 amide bonds. The summed E-state index contributed by atoms with van der Waals surface area (Å²) in [6.45, 7) is 1.54. The molecule has 0 spiro atoms. The summed E-state index contributed by atoms with van der Waals surface area (Å²) in [6, 6.07) is 8.29. The minimum Gasteiger partial charge on any atom is -0.389 e. The van der Waals surface area contributed by atoms with Crippen molar-refractivity contribution in [3.05, 3.63) is 34.3 Å². The van der Waals surface area contributed by atoms with Crippen LogP contribution in [0.2, 0.25) is 0 Å². The lowest BCUT2D eigenvalue weighted by Gasteiger charge is -2.32. The van der Waals surface area contributed by atoms with E-state index in [1.807, 2.05) is 12.1 Å². The van der Waals surface area contributed by atoms with Gasteiger partial charge in [-0.25, -0.2) is 0 Å². The fourth-order valence-corrected chi connectivity index (χ4v) is 2.69. The molecule has 94 valence electrons. The van der Waals surface area contributed by atoms with E-state index in [1.165, 1.54) is 12.0 Å². The lowest BCUT2D eigenvalue weighted by molar-refractivity contribution is 0.00468. The third-order valence-electron chi connectivity index (χ3n) is 3.48. The normalized spacial score (nSPS) is 19.2. The number of aliphatic hydroxyl groups is 1. The number of rotatable bonds is 4. The molecular formula is C14H20BrNO. The maximum absolute atomic E-state index is 10.3. The molecule has 0 bridgehead atoms. The molecule has 1 aliphatic rings. The van der Waals surface area contributed by atoms with Gasteiger partial charge < -0.3 is 10.4 Å². The fourth-order valence-electron chi connectivity index (χ4n) is 2.43. The van der Waals surface area contributed by atoms with Crippen molar-refractivity contribution in [2.24, 2.45) is 0 Å². The van der Waals surface area contributed by atoms with E-state index in [2.05, 4.69) is 33.4 Å². The molecule has 2 nitrogen and oxygen atoms in total. The maximum Gasteiger partial charge on any atom is 0.0771 e. The molecule has 1 aliphatic carbocycles. The number of benzene rings is 1. The van der Waals surface area contributed by atoms with Gasteiger partial charge in [0.05, 0.1) is 5.60 Å². The molecule has 2 N–H and O–H groups in total. The summed E-state index contributed by atoms with van der Waals surface area (Å²) in [4.78, 5) is 0. The third kappa shape index (κ3) is 4.09. The Balaban J connectivity index is 1.77. The first kappa shape index (κ1) is 13.1. The van der Waals surface area contributed by atoms with Crippen molar-refractivity contribution in [3.8, 4) is 0 Å². The first-order valence-corrected chi connectivity index (χ1v) is 7.15. The second kappa shape index (κ2) is 5.98. The summed E-state index contributed by atoms with van der Waals surface area (Å²) >= 11 is 3.42. The second-order valence-corrected chi connectivity index (χ2v) is 5.93. The first-order chi connectivity index (χ1) is 8.18. The molecule has 1 saturated carbocycles. The van der Waals surface area contributed by atoms with Crippen LogP contribution in [0.25, 0.3) is 0 Å². The molecule has 0 saturated heterocycles. The molecule has 0 heterocycles. The molecule has 0 unspecified atom stereocenters. The molecule has 0 aliphatic heterocycles. The van der Waals surface area contributed by atoms with Gasteiger partial charge in [0.15, 0.2) is 0 Å². The maximum atomic E-state index is 10.3. The Kier molecular flexibility index (Phi) is 4.60. The topological polar surface area (TPSA) is 32.3 Å². The van der Waals surface area contributed by atoms with Gasteiger partial charge in [0, 0.05) is 17.6 Å². The lowest BCUT2D eigenvalue weighted by atomic mass is 9.85. The summed E-state index contributed by atoms with van der Waals surface area (Å²) in [6.07, 6.45) is 5.49. The Bertz CT molecular complexity index is 344. The monoisotopic (exact) mass is 297 g/mol. The van der Waals surface area contributed by atoms with Gasteiger partial charge in [0.2, 0.25) is 0 Å². The van der Waals surface area contributed by atoms with Crippen LogP contribution in [0, 0.1) is 0 Å². The van der Waals surface area contributed by atoms with E-state index in [9.17, 15) is 5.11 Å². The number of nitrogens with one attached hydrogen (secondary N) is 1. The fraction of sp³-hybridized carbons (Fsp3) is 0.571. The standard InChI is InChI=1S/C14H20BrNO/c15-13-6-4-12(5-7-13)10-16-11-14(17)8-2-1-3-9-14/h4-7,16-17H,1-3,8-11H2. The Hall–Kier alpha value is -0.380. The summed E-state index contributed by atoms with van der Waals surface area (Å²) < 4.78 is 1.10. The van der Waals surface area contributed by atoms with Crippen LogP contribution >= 0.6 is 15.9 Å². The quantitative estimate of drug-likeness (QED) is 0.894. The average molecular weight is 298 g/mol. The molecule has 1 aromatic carbocycles. The predicted molar refractivity (Wildman–Crippen MR) is 73.9 cm³/mol. The van der Waals surface area contributed by atoms with Gasteiger partial charge in [-0.05, 0) is 30.5 Å². The van der Waals surface area contributed by atoms with Crippen molar-refractivity contribution < 1.29 is 5.11 Å². The van der Waals surface area contributed by atoms with Gasteiger partial charge in [-0.1, -0.05) is 47.3 Å². The van der Waals surface area contributed by atoms with E-state index in [0.29, 0.717) is 6.54 Å². The minimum absolute atomic E-state index is 0.465. The first-order valence-electron chi connectivity index (χ1n) is 6.36. The van der Waals surface area contributed by atoms with Crippen molar-refractivity contribution in [1.82, 2.24) is 5.32 Å². The summed E-state index contributed by atoms with van der Waals surface area (Å²) in [5.41, 5.74) is 0.792. The van der Waals surface area contributed by atoms with Gasteiger partial charge in [-0.3, -0.25) is 0 Å². The van der Waals surface area contributed by atoms with E-state index >= 15 is 0 Å². The van der Waals surface area contributed by atoms with Crippen LogP contribution in [0.5, 0.6) is 0 Å². The molecule has 0 radical (unpaired) electrons. The van der Waals surface area contributed by atoms with Crippen molar-refractivity contribution in [3.63, 3.8) is 0 Å². The third-order valence-corrected chi connectivity index (χ3v) is 4.01. The molecule has 17 heavy (non-hydrogen) atoms. The zero-order valence-electron chi connectivity index (χ0n) is 10.1. The van der Waals surface area contributed by atoms with Gasteiger partial charge in [0.25, 0.3) is 0 Å². The Morgan fingerprint density at radius 3 is 2.41 bits per heavy atom.